The molecule has 0 aromatic heterocycles. The van der Waals surface area contributed by atoms with Crippen molar-refractivity contribution in [3.05, 3.63) is 24.3 Å². The Morgan fingerprint density at radius 2 is 1.04 bits per heavy atom. The van der Waals surface area contributed by atoms with Gasteiger partial charge in [0.1, 0.15) is 0 Å². The lowest BCUT2D eigenvalue weighted by Crippen LogP contribution is -2.48. The molecule has 6 nitrogen and oxygen atoms in total. The van der Waals surface area contributed by atoms with Gasteiger partial charge in [-0.3, -0.25) is 0 Å². The quantitative estimate of drug-likeness (QED) is 0.564. The molecule has 2 aliphatic carbocycles. The van der Waals surface area contributed by atoms with Crippen molar-refractivity contribution in [2.75, 3.05) is 13.2 Å². The van der Waals surface area contributed by atoms with Crippen LogP contribution < -0.4 is 0 Å². The van der Waals surface area contributed by atoms with Crippen molar-refractivity contribution in [1.29, 1.82) is 0 Å². The second kappa shape index (κ2) is 11.1. The minimum Gasteiger partial charge on any atom is -0.478 e. The van der Waals surface area contributed by atoms with E-state index in [1.54, 1.807) is 0 Å². The van der Waals surface area contributed by atoms with Gasteiger partial charge in [-0.1, -0.05) is 38.8 Å². The molecular formula is C20H34O6. The number of aliphatic hydroxyl groups excluding tert-OH is 2. The molecule has 0 amide bonds. The van der Waals surface area contributed by atoms with Gasteiger partial charge in [0.15, 0.2) is 0 Å². The summed E-state index contributed by atoms with van der Waals surface area (Å²) in [7, 11) is 0. The summed E-state index contributed by atoms with van der Waals surface area (Å²) in [5.74, 6) is -1.87. The van der Waals surface area contributed by atoms with Crippen LogP contribution >= 0.6 is 0 Å². The molecule has 0 aliphatic heterocycles. The molecule has 0 aromatic rings. The van der Waals surface area contributed by atoms with Gasteiger partial charge < -0.3 is 20.4 Å². The predicted molar refractivity (Wildman–Crippen MR) is 101 cm³/mol. The van der Waals surface area contributed by atoms with E-state index in [0.29, 0.717) is 0 Å². The van der Waals surface area contributed by atoms with Gasteiger partial charge in [-0.2, -0.15) is 0 Å². The Morgan fingerprint density at radius 1 is 0.769 bits per heavy atom. The molecule has 0 saturated heterocycles. The lowest BCUT2D eigenvalue weighted by Gasteiger charge is -2.50. The Labute approximate surface area is 156 Å². The summed E-state index contributed by atoms with van der Waals surface area (Å²) in [5.41, 5.74) is 0.487. The summed E-state index contributed by atoms with van der Waals surface area (Å²) in [4.78, 5) is 19.2. The summed E-state index contributed by atoms with van der Waals surface area (Å²) >= 11 is 0. The Morgan fingerprint density at radius 3 is 1.27 bits per heavy atom. The molecule has 2 rings (SSSR count). The predicted octanol–water partition coefficient (Wildman–Crippen LogP) is 3.39. The lowest BCUT2D eigenvalue weighted by atomic mass is 9.55. The first-order valence-electron chi connectivity index (χ1n) is 9.07. The monoisotopic (exact) mass is 370 g/mol. The van der Waals surface area contributed by atoms with Crippen LogP contribution in [0.5, 0.6) is 0 Å². The maximum absolute atomic E-state index is 9.61. The van der Waals surface area contributed by atoms with Gasteiger partial charge in [-0.25, -0.2) is 9.59 Å². The van der Waals surface area contributed by atoms with E-state index in [1.807, 2.05) is 0 Å². The van der Waals surface area contributed by atoms with Crippen LogP contribution in [0.4, 0.5) is 0 Å². The molecule has 150 valence electrons. The Balaban J connectivity index is 0.000000437. The van der Waals surface area contributed by atoms with Gasteiger partial charge in [-0.05, 0) is 44.9 Å². The molecule has 0 radical (unpaired) electrons. The van der Waals surface area contributed by atoms with Crippen molar-refractivity contribution in [2.45, 2.75) is 65.2 Å². The van der Waals surface area contributed by atoms with Gasteiger partial charge in [-0.15, -0.1) is 0 Å². The zero-order valence-corrected chi connectivity index (χ0v) is 16.1. The maximum atomic E-state index is 9.61. The highest BCUT2D eigenvalue weighted by molar-refractivity contribution is 5.85. The highest BCUT2D eigenvalue weighted by atomic mass is 16.4. The summed E-state index contributed by atoms with van der Waals surface area (Å²) in [6, 6.07) is 0. The largest absolute Gasteiger partial charge is 0.478 e. The Bertz CT molecular complexity index is 444. The molecule has 0 unspecified atom stereocenters. The third-order valence-corrected chi connectivity index (χ3v) is 5.58. The van der Waals surface area contributed by atoms with E-state index >= 15 is 0 Å². The lowest BCUT2D eigenvalue weighted by molar-refractivity contribution is -0.133. The van der Waals surface area contributed by atoms with Gasteiger partial charge in [0.25, 0.3) is 0 Å². The minimum atomic E-state index is -0.935. The van der Waals surface area contributed by atoms with Crippen molar-refractivity contribution < 1.29 is 30.0 Å². The number of hydrogen-bond acceptors (Lipinski definition) is 4. The topological polar surface area (TPSA) is 115 Å². The maximum Gasteiger partial charge on any atom is 0.330 e. The molecule has 0 atom stereocenters. The third kappa shape index (κ3) is 6.57. The normalized spacial score (nSPS) is 19.4. The van der Waals surface area contributed by atoms with Crippen LogP contribution in [0.3, 0.4) is 0 Å². The highest BCUT2D eigenvalue weighted by Crippen LogP contribution is 2.58. The number of carboxylic acids is 2. The molecule has 2 fully saturated rings. The second-order valence-electron chi connectivity index (χ2n) is 7.46. The SMILES string of the molecule is C=C(C)C(=O)O.C=C(C)C(=O)O.OCC1(CO)CCCCC12CCCC2. The van der Waals surface area contributed by atoms with E-state index in [-0.39, 0.29) is 35.2 Å². The van der Waals surface area contributed by atoms with E-state index in [9.17, 15) is 19.8 Å². The Hall–Kier alpha value is -1.66. The first-order chi connectivity index (χ1) is 12.1. The van der Waals surface area contributed by atoms with E-state index in [1.165, 1.54) is 58.8 Å². The molecule has 4 N–H and O–H groups in total. The van der Waals surface area contributed by atoms with Crippen LogP contribution in [-0.4, -0.2) is 45.6 Å². The van der Waals surface area contributed by atoms with Gasteiger partial charge in [0.05, 0.1) is 13.2 Å². The average Bonchev–Trinajstić information content (AvgIpc) is 3.06. The van der Waals surface area contributed by atoms with Crippen LogP contribution in [0.25, 0.3) is 0 Å². The van der Waals surface area contributed by atoms with E-state index in [2.05, 4.69) is 13.2 Å². The van der Waals surface area contributed by atoms with E-state index < -0.39 is 11.9 Å². The van der Waals surface area contributed by atoms with E-state index in [4.69, 9.17) is 10.2 Å². The fourth-order valence-corrected chi connectivity index (χ4v) is 3.83. The van der Waals surface area contributed by atoms with Crippen LogP contribution in [0.15, 0.2) is 24.3 Å². The summed E-state index contributed by atoms with van der Waals surface area (Å²) in [6.07, 6.45) is 9.78. The Kier molecular flexibility index (Phi) is 10.4. The molecule has 1 spiro atoms. The van der Waals surface area contributed by atoms with Crippen molar-refractivity contribution in [3.8, 4) is 0 Å². The van der Waals surface area contributed by atoms with Crippen molar-refractivity contribution in [3.63, 3.8) is 0 Å². The van der Waals surface area contributed by atoms with Crippen LogP contribution in [-0.2, 0) is 9.59 Å². The van der Waals surface area contributed by atoms with Crippen LogP contribution in [0.1, 0.15) is 65.2 Å². The van der Waals surface area contributed by atoms with E-state index in [0.717, 1.165) is 6.42 Å². The number of aliphatic hydroxyl groups is 2. The molecule has 6 heteroatoms. The fraction of sp³-hybridized carbons (Fsp3) is 0.700. The minimum absolute atomic E-state index is 0.151. The zero-order chi connectivity index (χ0) is 20.4. The number of carboxylic acid groups (broad SMARTS) is 2. The first-order valence-corrected chi connectivity index (χ1v) is 9.07. The smallest absolute Gasteiger partial charge is 0.330 e. The van der Waals surface area contributed by atoms with Crippen molar-refractivity contribution in [2.24, 2.45) is 10.8 Å². The van der Waals surface area contributed by atoms with Gasteiger partial charge >= 0.3 is 11.9 Å². The molecule has 0 aromatic carbocycles. The summed E-state index contributed by atoms with van der Waals surface area (Å²) in [6.45, 7) is 9.57. The molecule has 2 saturated carbocycles. The fourth-order valence-electron chi connectivity index (χ4n) is 3.83. The molecule has 26 heavy (non-hydrogen) atoms. The standard InChI is InChI=1S/C12H22O2.2C4H6O2/c13-9-12(10-14)8-4-3-7-11(12)5-1-2-6-11;2*1-3(2)4(5)6/h13-14H,1-10H2;2*1H2,2H3,(H,5,6). The summed E-state index contributed by atoms with van der Waals surface area (Å²) < 4.78 is 0. The molecule has 2 aliphatic rings. The number of carbonyl (C=O) groups is 2. The van der Waals surface area contributed by atoms with Crippen LogP contribution in [0, 0.1) is 10.8 Å². The molecule has 0 heterocycles. The van der Waals surface area contributed by atoms with Crippen molar-refractivity contribution in [1.82, 2.24) is 0 Å². The number of hydrogen-bond donors (Lipinski definition) is 4. The molecule has 0 bridgehead atoms. The zero-order valence-electron chi connectivity index (χ0n) is 16.1. The third-order valence-electron chi connectivity index (χ3n) is 5.58. The second-order valence-corrected chi connectivity index (χ2v) is 7.46. The van der Waals surface area contributed by atoms with Crippen molar-refractivity contribution >= 4 is 11.9 Å². The number of aliphatic carboxylic acids is 2. The number of rotatable bonds is 4. The highest BCUT2D eigenvalue weighted by Gasteiger charge is 2.52. The van der Waals surface area contributed by atoms with Gasteiger partial charge in [0, 0.05) is 16.6 Å². The summed E-state index contributed by atoms with van der Waals surface area (Å²) in [5, 5.41) is 35.0. The first kappa shape index (κ1) is 24.3. The van der Waals surface area contributed by atoms with Crippen LogP contribution in [0.2, 0.25) is 0 Å². The van der Waals surface area contributed by atoms with Gasteiger partial charge in [0.2, 0.25) is 0 Å². The molecular weight excluding hydrogens is 336 g/mol. The average molecular weight is 370 g/mol.